The monoisotopic (exact) mass is 340 g/mol. The number of carbonyl (C=O) groups is 1. The van der Waals surface area contributed by atoms with E-state index in [0.717, 1.165) is 12.8 Å². The highest BCUT2D eigenvalue weighted by molar-refractivity contribution is 7.91. The average molecular weight is 340 g/mol. The summed E-state index contributed by atoms with van der Waals surface area (Å²) < 4.78 is 23.4. The van der Waals surface area contributed by atoms with Crippen LogP contribution in [-0.4, -0.2) is 48.2 Å². The molecular weight excluding hydrogens is 320 g/mol. The molecule has 1 unspecified atom stereocenters. The molecular formula is C15H20N2O5S. The predicted molar refractivity (Wildman–Crippen MR) is 86.1 cm³/mol. The van der Waals surface area contributed by atoms with Gasteiger partial charge in [-0.05, 0) is 25.0 Å². The smallest absolute Gasteiger partial charge is 0.269 e. The van der Waals surface area contributed by atoms with Crippen LogP contribution in [0.1, 0.15) is 36.5 Å². The van der Waals surface area contributed by atoms with Crippen LogP contribution in [-0.2, 0) is 9.84 Å². The number of nitrogens with zero attached hydrogens (tertiary/aromatic N) is 2. The highest BCUT2D eigenvalue weighted by Crippen LogP contribution is 2.21. The van der Waals surface area contributed by atoms with Crippen molar-refractivity contribution in [1.82, 2.24) is 4.90 Å². The van der Waals surface area contributed by atoms with E-state index in [1.165, 1.54) is 24.3 Å². The molecule has 7 nitrogen and oxygen atoms in total. The number of benzene rings is 1. The Hall–Kier alpha value is -1.96. The molecule has 1 aromatic rings. The molecule has 23 heavy (non-hydrogen) atoms. The van der Waals surface area contributed by atoms with Gasteiger partial charge in [-0.1, -0.05) is 13.3 Å². The lowest BCUT2D eigenvalue weighted by molar-refractivity contribution is -0.384. The highest BCUT2D eigenvalue weighted by Gasteiger charge is 2.34. The zero-order valence-corrected chi connectivity index (χ0v) is 13.8. The molecule has 126 valence electrons. The summed E-state index contributed by atoms with van der Waals surface area (Å²) in [6.45, 7) is 2.49. The van der Waals surface area contributed by atoms with Crippen LogP contribution in [0, 0.1) is 10.1 Å². The third kappa shape index (κ3) is 4.28. The van der Waals surface area contributed by atoms with E-state index in [4.69, 9.17) is 0 Å². The van der Waals surface area contributed by atoms with Gasteiger partial charge in [-0.15, -0.1) is 0 Å². The van der Waals surface area contributed by atoms with Gasteiger partial charge in [0.25, 0.3) is 11.6 Å². The Kier molecular flexibility index (Phi) is 5.35. The summed E-state index contributed by atoms with van der Waals surface area (Å²) >= 11 is 0. The van der Waals surface area contributed by atoms with E-state index in [-0.39, 0.29) is 29.1 Å². The summed E-state index contributed by atoms with van der Waals surface area (Å²) in [7, 11) is -3.08. The third-order valence-electron chi connectivity index (χ3n) is 3.99. The fourth-order valence-electron chi connectivity index (χ4n) is 2.69. The fraction of sp³-hybridized carbons (Fsp3) is 0.533. The number of nitro groups is 1. The molecule has 1 aromatic carbocycles. The topological polar surface area (TPSA) is 97.6 Å². The van der Waals surface area contributed by atoms with Crippen molar-refractivity contribution in [2.24, 2.45) is 0 Å². The molecule has 1 fully saturated rings. The second kappa shape index (κ2) is 7.08. The number of hydrogen-bond donors (Lipinski definition) is 0. The maximum absolute atomic E-state index is 12.7. The van der Waals surface area contributed by atoms with Crippen LogP contribution in [0.5, 0.6) is 0 Å². The second-order valence-electron chi connectivity index (χ2n) is 5.71. The van der Waals surface area contributed by atoms with Gasteiger partial charge >= 0.3 is 0 Å². The maximum atomic E-state index is 12.7. The number of unbranched alkanes of at least 4 members (excludes halogenated alkanes) is 1. The zero-order chi connectivity index (χ0) is 17.0. The van der Waals surface area contributed by atoms with Gasteiger partial charge < -0.3 is 4.90 Å². The van der Waals surface area contributed by atoms with Crippen molar-refractivity contribution in [2.45, 2.75) is 32.2 Å². The van der Waals surface area contributed by atoms with E-state index in [0.29, 0.717) is 18.5 Å². The van der Waals surface area contributed by atoms with Crippen LogP contribution in [0.25, 0.3) is 0 Å². The first-order valence-corrected chi connectivity index (χ1v) is 9.42. The molecule has 0 spiro atoms. The van der Waals surface area contributed by atoms with Gasteiger partial charge in [-0.3, -0.25) is 14.9 Å². The van der Waals surface area contributed by atoms with Gasteiger partial charge in [0.15, 0.2) is 9.84 Å². The number of sulfone groups is 1. The Bertz CT molecular complexity index is 684. The molecule has 0 bridgehead atoms. The van der Waals surface area contributed by atoms with E-state index in [9.17, 15) is 23.3 Å². The van der Waals surface area contributed by atoms with Gasteiger partial charge in [-0.25, -0.2) is 8.42 Å². The van der Waals surface area contributed by atoms with Crippen molar-refractivity contribution >= 4 is 21.4 Å². The van der Waals surface area contributed by atoms with Crippen molar-refractivity contribution in [3.63, 3.8) is 0 Å². The van der Waals surface area contributed by atoms with E-state index in [2.05, 4.69) is 0 Å². The van der Waals surface area contributed by atoms with Crippen LogP contribution in [0.15, 0.2) is 24.3 Å². The second-order valence-corrected chi connectivity index (χ2v) is 7.94. The number of hydrogen-bond acceptors (Lipinski definition) is 5. The van der Waals surface area contributed by atoms with Gasteiger partial charge in [0, 0.05) is 30.3 Å². The van der Waals surface area contributed by atoms with Crippen LogP contribution in [0.4, 0.5) is 5.69 Å². The van der Waals surface area contributed by atoms with Gasteiger partial charge in [-0.2, -0.15) is 0 Å². The van der Waals surface area contributed by atoms with Crippen LogP contribution >= 0.6 is 0 Å². The molecule has 1 heterocycles. The summed E-state index contributed by atoms with van der Waals surface area (Å²) in [6, 6.07) is 5.10. The first-order valence-electron chi connectivity index (χ1n) is 7.60. The van der Waals surface area contributed by atoms with Gasteiger partial charge in [0.2, 0.25) is 0 Å². The van der Waals surface area contributed by atoms with E-state index < -0.39 is 14.8 Å². The molecule has 0 aromatic heterocycles. The van der Waals surface area contributed by atoms with E-state index >= 15 is 0 Å². The molecule has 0 aliphatic carbocycles. The van der Waals surface area contributed by atoms with Crippen molar-refractivity contribution in [1.29, 1.82) is 0 Å². The number of rotatable bonds is 6. The summed E-state index contributed by atoms with van der Waals surface area (Å²) in [5.41, 5.74) is 0.265. The number of amides is 1. The molecule has 1 aliphatic rings. The van der Waals surface area contributed by atoms with Crippen LogP contribution in [0.2, 0.25) is 0 Å². The van der Waals surface area contributed by atoms with Gasteiger partial charge in [0.05, 0.1) is 16.4 Å². The molecule has 8 heteroatoms. The Morgan fingerprint density at radius 1 is 1.35 bits per heavy atom. The molecule has 0 saturated carbocycles. The molecule has 0 radical (unpaired) electrons. The molecule has 2 rings (SSSR count). The van der Waals surface area contributed by atoms with Crippen LogP contribution in [0.3, 0.4) is 0 Å². The van der Waals surface area contributed by atoms with E-state index in [1.807, 2.05) is 6.92 Å². The highest BCUT2D eigenvalue weighted by atomic mass is 32.2. The summed E-state index contributed by atoms with van der Waals surface area (Å²) in [5, 5.41) is 10.7. The van der Waals surface area contributed by atoms with Crippen molar-refractivity contribution in [2.75, 3.05) is 18.1 Å². The van der Waals surface area contributed by atoms with Gasteiger partial charge in [0.1, 0.15) is 0 Å². The minimum Gasteiger partial charge on any atom is -0.335 e. The number of non-ortho nitro benzene ring substituents is 1. The molecule has 1 amide bonds. The average Bonchev–Trinajstić information content (AvgIpc) is 2.87. The standard InChI is InChI=1S/C15H20N2O5S/c1-2-3-9-16(14-8-10-23(21,22)11-14)15(18)12-4-6-13(7-5-12)17(19)20/h4-7,14H,2-3,8-11H2,1H3. The molecule has 1 atom stereocenters. The Morgan fingerprint density at radius 2 is 2.00 bits per heavy atom. The summed E-state index contributed by atoms with van der Waals surface area (Å²) in [4.78, 5) is 24.5. The minimum atomic E-state index is -3.08. The first kappa shape index (κ1) is 17.4. The van der Waals surface area contributed by atoms with Crippen molar-refractivity contribution in [3.8, 4) is 0 Å². The third-order valence-corrected chi connectivity index (χ3v) is 5.74. The lowest BCUT2D eigenvalue weighted by Gasteiger charge is -2.28. The fourth-order valence-corrected chi connectivity index (χ4v) is 4.42. The number of nitro benzene ring substituents is 1. The Morgan fingerprint density at radius 3 is 2.48 bits per heavy atom. The number of carbonyl (C=O) groups excluding carboxylic acids is 1. The molecule has 1 saturated heterocycles. The normalized spacial score (nSPS) is 19.4. The maximum Gasteiger partial charge on any atom is 0.269 e. The van der Waals surface area contributed by atoms with E-state index in [1.54, 1.807) is 4.90 Å². The molecule has 0 N–H and O–H groups in total. The largest absolute Gasteiger partial charge is 0.335 e. The van der Waals surface area contributed by atoms with Crippen molar-refractivity contribution < 1.29 is 18.1 Å². The lowest BCUT2D eigenvalue weighted by Crippen LogP contribution is -2.41. The lowest BCUT2D eigenvalue weighted by atomic mass is 10.1. The summed E-state index contributed by atoms with van der Waals surface area (Å²) in [5.74, 6) is -0.168. The Balaban J connectivity index is 2.20. The summed E-state index contributed by atoms with van der Waals surface area (Å²) in [6.07, 6.45) is 2.13. The Labute approximate surface area is 135 Å². The molecule has 1 aliphatic heterocycles. The first-order chi connectivity index (χ1) is 10.8. The zero-order valence-electron chi connectivity index (χ0n) is 13.0. The minimum absolute atomic E-state index is 0.00453. The van der Waals surface area contributed by atoms with Crippen molar-refractivity contribution in [3.05, 3.63) is 39.9 Å². The SMILES string of the molecule is CCCCN(C(=O)c1ccc([N+](=O)[O-])cc1)C1CCS(=O)(=O)C1. The predicted octanol–water partition coefficient (Wildman–Crippen LogP) is 2.02. The quantitative estimate of drug-likeness (QED) is 0.583. The van der Waals surface area contributed by atoms with Crippen LogP contribution < -0.4 is 0 Å².